The number of likely N-dealkylation sites (N-methyl/N-ethyl adjacent to an activating group) is 1. The van der Waals surface area contributed by atoms with Gasteiger partial charge < -0.3 is 20.3 Å². The summed E-state index contributed by atoms with van der Waals surface area (Å²) in [6.07, 6.45) is 0. The number of benzene rings is 2. The molecule has 0 radical (unpaired) electrons. The number of amides is 3. The van der Waals surface area contributed by atoms with Crippen LogP contribution in [0.15, 0.2) is 42.5 Å². The van der Waals surface area contributed by atoms with Crippen LogP contribution in [0.4, 0.5) is 16.2 Å². The number of hydrogen-bond donors (Lipinski definition) is 2. The van der Waals surface area contributed by atoms with E-state index in [4.69, 9.17) is 4.74 Å². The van der Waals surface area contributed by atoms with E-state index in [1.54, 1.807) is 18.0 Å². The fraction of sp³-hybridized carbons (Fsp3) is 0.364. The predicted octanol–water partition coefficient (Wildman–Crippen LogP) is 4.44. The van der Waals surface area contributed by atoms with Crippen LogP contribution in [0.2, 0.25) is 0 Å². The fourth-order valence-electron chi connectivity index (χ4n) is 2.37. The van der Waals surface area contributed by atoms with Gasteiger partial charge in [0.15, 0.2) is 0 Å². The van der Waals surface area contributed by atoms with E-state index in [1.807, 2.05) is 64.1 Å². The summed E-state index contributed by atoms with van der Waals surface area (Å²) in [5.74, 6) is 0.606. The summed E-state index contributed by atoms with van der Waals surface area (Å²) >= 11 is 0. The van der Waals surface area contributed by atoms with Gasteiger partial charge in [0.05, 0.1) is 6.54 Å². The highest BCUT2D eigenvalue weighted by Crippen LogP contribution is 2.21. The minimum absolute atomic E-state index is 0.0634. The summed E-state index contributed by atoms with van der Waals surface area (Å²) in [5, 5.41) is 5.73. The minimum atomic E-state index is -0.233. The van der Waals surface area contributed by atoms with Gasteiger partial charge in [-0.2, -0.15) is 0 Å². The normalized spacial score (nSPS) is 10.5. The highest BCUT2D eigenvalue weighted by atomic mass is 16.5. The van der Waals surface area contributed by atoms with Gasteiger partial charge in [-0.25, -0.2) is 4.79 Å². The molecule has 28 heavy (non-hydrogen) atoms. The van der Waals surface area contributed by atoms with Crippen molar-refractivity contribution in [2.45, 2.75) is 27.7 Å². The topological polar surface area (TPSA) is 70.7 Å². The van der Waals surface area contributed by atoms with Crippen molar-refractivity contribution in [1.82, 2.24) is 4.90 Å². The van der Waals surface area contributed by atoms with E-state index in [-0.39, 0.29) is 17.9 Å². The molecule has 150 valence electrons. The van der Waals surface area contributed by atoms with Crippen molar-refractivity contribution in [1.29, 1.82) is 0 Å². The molecule has 0 unspecified atom stereocenters. The Bertz CT molecular complexity index is 816. The summed E-state index contributed by atoms with van der Waals surface area (Å²) in [6, 6.07) is 13.0. The number of carbonyl (C=O) groups is 2. The Balaban J connectivity index is 1.89. The van der Waals surface area contributed by atoms with Crippen LogP contribution in [0, 0.1) is 19.8 Å². The van der Waals surface area contributed by atoms with E-state index in [0.29, 0.717) is 24.5 Å². The molecule has 6 heteroatoms. The van der Waals surface area contributed by atoms with Gasteiger partial charge in [-0.15, -0.1) is 0 Å². The number of ether oxygens (including phenoxy) is 1. The predicted molar refractivity (Wildman–Crippen MR) is 113 cm³/mol. The van der Waals surface area contributed by atoms with Crippen LogP contribution in [0.25, 0.3) is 0 Å². The number of carbonyl (C=O) groups excluding carboxylic acids is 2. The van der Waals surface area contributed by atoms with Crippen molar-refractivity contribution in [3.05, 3.63) is 53.6 Å². The molecule has 0 bridgehead atoms. The monoisotopic (exact) mass is 383 g/mol. The van der Waals surface area contributed by atoms with E-state index < -0.39 is 0 Å². The average Bonchev–Trinajstić information content (AvgIpc) is 2.65. The Hall–Kier alpha value is -3.02. The number of urea groups is 1. The standard InChI is InChI=1S/C22H29N3O3/c1-15(2)21(26)23-18-9-8-17(4)20(14-18)24-22(27)25(5)12-13-28-19-10-6-16(3)7-11-19/h6-11,14-15H,12-13H2,1-5H3,(H,23,26)(H,24,27). The van der Waals surface area contributed by atoms with E-state index in [2.05, 4.69) is 10.6 Å². The molecule has 0 aliphatic rings. The summed E-state index contributed by atoms with van der Waals surface area (Å²) in [6.45, 7) is 8.44. The van der Waals surface area contributed by atoms with Gasteiger partial charge in [-0.1, -0.05) is 37.6 Å². The fourth-order valence-corrected chi connectivity index (χ4v) is 2.37. The molecule has 0 heterocycles. The molecule has 6 nitrogen and oxygen atoms in total. The van der Waals surface area contributed by atoms with Crippen LogP contribution in [0.5, 0.6) is 5.75 Å². The number of aryl methyl sites for hydroxylation is 2. The van der Waals surface area contributed by atoms with Gasteiger partial charge in [0.1, 0.15) is 12.4 Å². The van der Waals surface area contributed by atoms with Crippen LogP contribution in [0.1, 0.15) is 25.0 Å². The molecular weight excluding hydrogens is 354 g/mol. The number of hydrogen-bond acceptors (Lipinski definition) is 3. The molecule has 0 atom stereocenters. The maximum Gasteiger partial charge on any atom is 0.321 e. The molecule has 3 amide bonds. The first-order valence-corrected chi connectivity index (χ1v) is 9.39. The maximum absolute atomic E-state index is 12.5. The quantitative estimate of drug-likeness (QED) is 0.742. The molecule has 0 saturated heterocycles. The van der Waals surface area contributed by atoms with Crippen molar-refractivity contribution >= 4 is 23.3 Å². The first-order chi connectivity index (χ1) is 13.3. The van der Waals surface area contributed by atoms with Gasteiger partial charge >= 0.3 is 6.03 Å². The number of anilines is 2. The zero-order valence-electron chi connectivity index (χ0n) is 17.2. The van der Waals surface area contributed by atoms with Crippen LogP contribution in [-0.2, 0) is 4.79 Å². The van der Waals surface area contributed by atoms with E-state index >= 15 is 0 Å². The van der Waals surface area contributed by atoms with Gasteiger partial charge in [-0.3, -0.25) is 4.79 Å². The van der Waals surface area contributed by atoms with Gasteiger partial charge in [-0.05, 0) is 43.7 Å². The number of rotatable bonds is 7. The maximum atomic E-state index is 12.5. The first-order valence-electron chi connectivity index (χ1n) is 9.39. The van der Waals surface area contributed by atoms with Crippen LogP contribution in [0.3, 0.4) is 0 Å². The molecule has 2 N–H and O–H groups in total. The highest BCUT2D eigenvalue weighted by Gasteiger charge is 2.12. The van der Waals surface area contributed by atoms with Crippen molar-refractivity contribution in [3.63, 3.8) is 0 Å². The third-order valence-electron chi connectivity index (χ3n) is 4.33. The minimum Gasteiger partial charge on any atom is -0.492 e. The summed E-state index contributed by atoms with van der Waals surface area (Å²) in [7, 11) is 1.72. The number of nitrogens with one attached hydrogen (secondary N) is 2. The SMILES string of the molecule is Cc1ccc(OCCN(C)C(=O)Nc2cc(NC(=O)C(C)C)ccc2C)cc1. The molecule has 2 aromatic carbocycles. The zero-order chi connectivity index (χ0) is 20.7. The van der Waals surface area contributed by atoms with Crippen molar-refractivity contribution in [2.24, 2.45) is 5.92 Å². The van der Waals surface area contributed by atoms with Gasteiger partial charge in [0, 0.05) is 24.3 Å². The molecule has 0 aliphatic heterocycles. The third kappa shape index (κ3) is 6.30. The average molecular weight is 383 g/mol. The van der Waals surface area contributed by atoms with Crippen molar-refractivity contribution < 1.29 is 14.3 Å². The molecule has 0 fully saturated rings. The summed E-state index contributed by atoms with van der Waals surface area (Å²) in [5.41, 5.74) is 3.41. The molecule has 2 rings (SSSR count). The Morgan fingerprint density at radius 2 is 1.71 bits per heavy atom. The largest absolute Gasteiger partial charge is 0.492 e. The molecule has 0 spiro atoms. The Morgan fingerprint density at radius 1 is 1.04 bits per heavy atom. The summed E-state index contributed by atoms with van der Waals surface area (Å²) < 4.78 is 5.67. The van der Waals surface area contributed by atoms with Crippen LogP contribution >= 0.6 is 0 Å². The Kier molecular flexibility index (Phi) is 7.44. The van der Waals surface area contributed by atoms with Crippen molar-refractivity contribution in [2.75, 3.05) is 30.8 Å². The second kappa shape index (κ2) is 9.78. The van der Waals surface area contributed by atoms with Crippen LogP contribution < -0.4 is 15.4 Å². The lowest BCUT2D eigenvalue weighted by molar-refractivity contribution is -0.118. The molecule has 2 aromatic rings. The van der Waals surface area contributed by atoms with Crippen molar-refractivity contribution in [3.8, 4) is 5.75 Å². The second-order valence-electron chi connectivity index (χ2n) is 7.19. The second-order valence-corrected chi connectivity index (χ2v) is 7.19. The Morgan fingerprint density at radius 3 is 2.36 bits per heavy atom. The summed E-state index contributed by atoms with van der Waals surface area (Å²) in [4.78, 5) is 25.9. The lowest BCUT2D eigenvalue weighted by atomic mass is 10.1. The molecule has 0 aromatic heterocycles. The molecular formula is C22H29N3O3. The Labute approximate surface area is 166 Å². The van der Waals surface area contributed by atoms with Gasteiger partial charge in [0.25, 0.3) is 0 Å². The van der Waals surface area contributed by atoms with Gasteiger partial charge in [0.2, 0.25) is 5.91 Å². The third-order valence-corrected chi connectivity index (χ3v) is 4.33. The van der Waals surface area contributed by atoms with E-state index in [0.717, 1.165) is 11.3 Å². The highest BCUT2D eigenvalue weighted by molar-refractivity contribution is 5.94. The lowest BCUT2D eigenvalue weighted by Crippen LogP contribution is -2.34. The van der Waals surface area contributed by atoms with Crippen LogP contribution in [-0.4, -0.2) is 37.0 Å². The number of nitrogens with zero attached hydrogens (tertiary/aromatic N) is 1. The first kappa shape index (κ1) is 21.3. The van der Waals surface area contributed by atoms with E-state index in [1.165, 1.54) is 5.56 Å². The lowest BCUT2D eigenvalue weighted by Gasteiger charge is -2.19. The smallest absolute Gasteiger partial charge is 0.321 e. The molecule has 0 saturated carbocycles. The van der Waals surface area contributed by atoms with E-state index in [9.17, 15) is 9.59 Å². The molecule has 0 aliphatic carbocycles. The zero-order valence-corrected chi connectivity index (χ0v) is 17.2.